The Morgan fingerprint density at radius 1 is 1.58 bits per heavy atom. The molecular formula is C9H10FNO. The van der Waals surface area contributed by atoms with Gasteiger partial charge in [-0.25, -0.2) is 4.39 Å². The molecule has 0 saturated carbocycles. The van der Waals surface area contributed by atoms with Crippen molar-refractivity contribution >= 4 is 12.0 Å². The van der Waals surface area contributed by atoms with Crippen LogP contribution in [0.4, 0.5) is 10.1 Å². The Labute approximate surface area is 70.2 Å². The van der Waals surface area contributed by atoms with Crippen molar-refractivity contribution in [3.05, 3.63) is 29.6 Å². The van der Waals surface area contributed by atoms with E-state index < -0.39 is 0 Å². The Bertz CT molecular complexity index is 299. The fourth-order valence-corrected chi connectivity index (χ4v) is 1.01. The van der Waals surface area contributed by atoms with E-state index in [1.54, 1.807) is 6.92 Å². The number of halogens is 1. The largest absolute Gasteiger partial charge is 0.398 e. The molecule has 64 valence electrons. The van der Waals surface area contributed by atoms with Gasteiger partial charge in [0.05, 0.1) is 0 Å². The quantitative estimate of drug-likeness (QED) is 0.538. The Balaban J connectivity index is 3.12. The minimum absolute atomic E-state index is 0.347. The maximum atomic E-state index is 12.7. The van der Waals surface area contributed by atoms with Crippen LogP contribution in [0.5, 0.6) is 0 Å². The van der Waals surface area contributed by atoms with Crippen LogP contribution in [0.3, 0.4) is 0 Å². The minimum atomic E-state index is -0.368. The van der Waals surface area contributed by atoms with Crippen LogP contribution in [0, 0.1) is 5.82 Å². The van der Waals surface area contributed by atoms with E-state index in [4.69, 9.17) is 5.73 Å². The van der Waals surface area contributed by atoms with Gasteiger partial charge in [0, 0.05) is 11.6 Å². The third-order valence-corrected chi connectivity index (χ3v) is 1.74. The molecule has 0 amide bonds. The van der Waals surface area contributed by atoms with Crippen molar-refractivity contribution in [3.63, 3.8) is 0 Å². The molecule has 0 spiro atoms. The zero-order valence-corrected chi connectivity index (χ0v) is 6.75. The standard InChI is InChI=1S/C9H10FNO/c1-6(5-12)8-4-7(10)2-3-9(8)11/h2-6H,11H2,1H3. The summed E-state index contributed by atoms with van der Waals surface area (Å²) in [6.45, 7) is 1.68. The van der Waals surface area contributed by atoms with Gasteiger partial charge in [-0.15, -0.1) is 0 Å². The first kappa shape index (κ1) is 8.71. The summed E-state index contributed by atoms with van der Waals surface area (Å²) in [5.74, 6) is -0.714. The van der Waals surface area contributed by atoms with Crippen LogP contribution < -0.4 is 5.73 Å². The number of benzene rings is 1. The summed E-state index contributed by atoms with van der Waals surface area (Å²) in [7, 11) is 0. The lowest BCUT2D eigenvalue weighted by molar-refractivity contribution is -0.108. The van der Waals surface area contributed by atoms with Gasteiger partial charge >= 0.3 is 0 Å². The zero-order valence-electron chi connectivity index (χ0n) is 6.75. The predicted octanol–water partition coefficient (Wildman–Crippen LogP) is 1.71. The molecule has 0 saturated heterocycles. The first-order valence-electron chi connectivity index (χ1n) is 3.65. The Morgan fingerprint density at radius 2 is 2.25 bits per heavy atom. The van der Waals surface area contributed by atoms with Crippen molar-refractivity contribution in [1.29, 1.82) is 0 Å². The molecule has 1 rings (SSSR count). The minimum Gasteiger partial charge on any atom is -0.398 e. The summed E-state index contributed by atoms with van der Waals surface area (Å²) in [6.07, 6.45) is 0.741. The molecule has 2 nitrogen and oxygen atoms in total. The van der Waals surface area contributed by atoms with Crippen LogP contribution in [0.1, 0.15) is 18.4 Å². The monoisotopic (exact) mass is 167 g/mol. The average molecular weight is 167 g/mol. The molecule has 0 aliphatic heterocycles. The van der Waals surface area contributed by atoms with E-state index in [0.717, 1.165) is 6.29 Å². The lowest BCUT2D eigenvalue weighted by Gasteiger charge is -2.07. The third-order valence-electron chi connectivity index (χ3n) is 1.74. The number of rotatable bonds is 2. The van der Waals surface area contributed by atoms with Crippen molar-refractivity contribution in [2.24, 2.45) is 0 Å². The van der Waals surface area contributed by atoms with Crippen LogP contribution >= 0.6 is 0 Å². The normalized spacial score (nSPS) is 12.5. The smallest absolute Gasteiger partial charge is 0.127 e. The molecular weight excluding hydrogens is 157 g/mol. The number of carbonyl (C=O) groups is 1. The van der Waals surface area contributed by atoms with Gasteiger partial charge in [0.15, 0.2) is 0 Å². The number of nitrogens with two attached hydrogens (primary N) is 1. The molecule has 1 atom stereocenters. The van der Waals surface area contributed by atoms with E-state index >= 15 is 0 Å². The van der Waals surface area contributed by atoms with Crippen molar-refractivity contribution in [2.75, 3.05) is 5.73 Å². The average Bonchev–Trinajstić information content (AvgIpc) is 2.08. The molecule has 0 heterocycles. The SMILES string of the molecule is CC(C=O)c1cc(F)ccc1N. The van der Waals surface area contributed by atoms with E-state index in [1.165, 1.54) is 18.2 Å². The van der Waals surface area contributed by atoms with Crippen LogP contribution in [0.15, 0.2) is 18.2 Å². The molecule has 0 fully saturated rings. The van der Waals surface area contributed by atoms with Gasteiger partial charge < -0.3 is 10.5 Å². The van der Waals surface area contributed by atoms with Crippen LogP contribution in [-0.4, -0.2) is 6.29 Å². The number of aldehydes is 1. The van der Waals surface area contributed by atoms with E-state index in [-0.39, 0.29) is 11.7 Å². The first-order chi connectivity index (χ1) is 5.65. The van der Waals surface area contributed by atoms with Crippen LogP contribution in [0.25, 0.3) is 0 Å². The molecule has 1 aromatic carbocycles. The molecule has 12 heavy (non-hydrogen) atoms. The lowest BCUT2D eigenvalue weighted by Crippen LogP contribution is -2.00. The van der Waals surface area contributed by atoms with Gasteiger partial charge in [-0.1, -0.05) is 6.92 Å². The highest BCUT2D eigenvalue weighted by Gasteiger charge is 2.08. The second kappa shape index (κ2) is 3.34. The van der Waals surface area contributed by atoms with Crippen molar-refractivity contribution in [3.8, 4) is 0 Å². The second-order valence-corrected chi connectivity index (χ2v) is 2.70. The molecule has 0 aliphatic carbocycles. The topological polar surface area (TPSA) is 43.1 Å². The number of carbonyl (C=O) groups excluding carboxylic acids is 1. The molecule has 0 aliphatic rings. The molecule has 0 bridgehead atoms. The van der Waals surface area contributed by atoms with Gasteiger partial charge in [-0.05, 0) is 23.8 Å². The van der Waals surface area contributed by atoms with Crippen molar-refractivity contribution in [2.45, 2.75) is 12.8 Å². The van der Waals surface area contributed by atoms with Crippen molar-refractivity contribution < 1.29 is 9.18 Å². The maximum Gasteiger partial charge on any atom is 0.127 e. The fourth-order valence-electron chi connectivity index (χ4n) is 1.01. The van der Waals surface area contributed by atoms with Gasteiger partial charge in [0.1, 0.15) is 12.1 Å². The summed E-state index contributed by atoms with van der Waals surface area (Å²) >= 11 is 0. The lowest BCUT2D eigenvalue weighted by atomic mass is 10.0. The molecule has 0 aromatic heterocycles. The molecule has 3 heteroatoms. The van der Waals surface area contributed by atoms with Gasteiger partial charge in [0.2, 0.25) is 0 Å². The number of nitrogen functional groups attached to an aromatic ring is 1. The molecule has 2 N–H and O–H groups in total. The van der Waals surface area contributed by atoms with E-state index in [1.807, 2.05) is 0 Å². The predicted molar refractivity (Wildman–Crippen MR) is 45.3 cm³/mol. The van der Waals surface area contributed by atoms with E-state index in [0.29, 0.717) is 11.3 Å². The van der Waals surface area contributed by atoms with Crippen molar-refractivity contribution in [1.82, 2.24) is 0 Å². The first-order valence-corrected chi connectivity index (χ1v) is 3.65. The second-order valence-electron chi connectivity index (χ2n) is 2.70. The highest BCUT2D eigenvalue weighted by molar-refractivity contribution is 5.66. The molecule has 0 radical (unpaired) electrons. The van der Waals surface area contributed by atoms with Gasteiger partial charge in [-0.2, -0.15) is 0 Å². The third kappa shape index (κ3) is 1.61. The summed E-state index contributed by atoms with van der Waals surface area (Å²) < 4.78 is 12.7. The van der Waals surface area contributed by atoms with E-state index in [2.05, 4.69) is 0 Å². The summed E-state index contributed by atoms with van der Waals surface area (Å²) in [4.78, 5) is 10.4. The Hall–Kier alpha value is -1.38. The Kier molecular flexibility index (Phi) is 2.43. The zero-order chi connectivity index (χ0) is 9.14. The van der Waals surface area contributed by atoms with Crippen LogP contribution in [0.2, 0.25) is 0 Å². The number of anilines is 1. The summed E-state index contributed by atoms with van der Waals surface area (Å²) in [5, 5.41) is 0. The summed E-state index contributed by atoms with van der Waals surface area (Å²) in [6, 6.07) is 4.02. The highest BCUT2D eigenvalue weighted by Crippen LogP contribution is 2.21. The number of hydrogen-bond donors (Lipinski definition) is 1. The molecule has 1 aromatic rings. The number of hydrogen-bond acceptors (Lipinski definition) is 2. The maximum absolute atomic E-state index is 12.7. The highest BCUT2D eigenvalue weighted by atomic mass is 19.1. The van der Waals surface area contributed by atoms with Gasteiger partial charge in [-0.3, -0.25) is 0 Å². The molecule has 1 unspecified atom stereocenters. The summed E-state index contributed by atoms with van der Waals surface area (Å²) in [5.41, 5.74) is 6.54. The fraction of sp³-hybridized carbons (Fsp3) is 0.222. The Morgan fingerprint density at radius 3 is 2.83 bits per heavy atom. The van der Waals surface area contributed by atoms with Crippen LogP contribution in [-0.2, 0) is 4.79 Å². The van der Waals surface area contributed by atoms with E-state index in [9.17, 15) is 9.18 Å². The van der Waals surface area contributed by atoms with Gasteiger partial charge in [0.25, 0.3) is 0 Å².